The molecule has 0 radical (unpaired) electrons. The quantitative estimate of drug-likeness (QED) is 0.800. The van der Waals surface area contributed by atoms with E-state index in [0.29, 0.717) is 12.2 Å². The van der Waals surface area contributed by atoms with E-state index >= 15 is 0 Å². The van der Waals surface area contributed by atoms with Crippen molar-refractivity contribution in [2.75, 3.05) is 13.4 Å². The van der Waals surface area contributed by atoms with E-state index in [1.54, 1.807) is 12.1 Å². The van der Waals surface area contributed by atoms with Gasteiger partial charge in [-0.05, 0) is 17.2 Å². The number of fused-ring (bicyclic) bond motifs is 1. The average Bonchev–Trinajstić information content (AvgIpc) is 2.77. The topological polar surface area (TPSA) is 81.7 Å². The number of sulfonamides is 1. The molecule has 0 unspecified atom stereocenters. The molecule has 0 aliphatic carbocycles. The zero-order chi connectivity index (χ0) is 14.0. The van der Waals surface area contributed by atoms with Crippen LogP contribution in [0.1, 0.15) is 11.1 Å². The van der Waals surface area contributed by atoms with E-state index in [4.69, 9.17) is 4.74 Å². The van der Waals surface area contributed by atoms with Crippen LogP contribution in [0.3, 0.4) is 0 Å². The van der Waals surface area contributed by atoms with Crippen molar-refractivity contribution in [1.82, 2.24) is 4.72 Å². The molecule has 1 aliphatic heterocycles. The molecule has 0 spiro atoms. The number of rotatable bonds is 4. The summed E-state index contributed by atoms with van der Waals surface area (Å²) in [6.45, 7) is 0.217. The Hall–Kier alpha value is -1.60. The lowest BCUT2D eigenvalue weighted by Crippen LogP contribution is -2.26. The molecule has 0 amide bonds. The third-order valence-electron chi connectivity index (χ3n) is 2.80. The molecule has 1 aromatic carbocycles. The summed E-state index contributed by atoms with van der Waals surface area (Å²) in [7, 11) is -1.90. The molecule has 1 aromatic rings. The first-order valence-electron chi connectivity index (χ1n) is 5.70. The Morgan fingerprint density at radius 3 is 2.89 bits per heavy atom. The summed E-state index contributed by atoms with van der Waals surface area (Å²) in [5.41, 5.74) is 1.70. The average molecular weight is 285 g/mol. The monoisotopic (exact) mass is 285 g/mol. The van der Waals surface area contributed by atoms with Gasteiger partial charge in [0.2, 0.25) is 10.0 Å². The highest BCUT2D eigenvalue weighted by atomic mass is 32.2. The van der Waals surface area contributed by atoms with Crippen LogP contribution in [-0.4, -0.2) is 33.9 Å². The molecule has 0 aromatic heterocycles. The summed E-state index contributed by atoms with van der Waals surface area (Å²) < 4.78 is 34.5. The summed E-state index contributed by atoms with van der Waals surface area (Å²) in [4.78, 5) is 11.4. The van der Waals surface area contributed by atoms with Gasteiger partial charge in [-0.3, -0.25) is 0 Å². The Morgan fingerprint density at radius 1 is 1.53 bits per heavy atom. The molecule has 7 heteroatoms. The summed E-state index contributed by atoms with van der Waals surface area (Å²) in [6, 6.07) is 5.32. The molecule has 0 fully saturated rings. The predicted molar refractivity (Wildman–Crippen MR) is 68.3 cm³/mol. The van der Waals surface area contributed by atoms with E-state index < -0.39 is 22.1 Å². The molecule has 0 saturated heterocycles. The van der Waals surface area contributed by atoms with Gasteiger partial charge in [0.05, 0.1) is 13.4 Å². The van der Waals surface area contributed by atoms with Crippen LogP contribution < -0.4 is 9.46 Å². The van der Waals surface area contributed by atoms with Crippen LogP contribution in [0.5, 0.6) is 5.75 Å². The number of ether oxygens (including phenoxy) is 2. The second-order valence-electron chi connectivity index (χ2n) is 4.37. The summed E-state index contributed by atoms with van der Waals surface area (Å²) in [5, 5.41) is 0. The van der Waals surface area contributed by atoms with Crippen molar-refractivity contribution in [3.63, 3.8) is 0 Å². The lowest BCUT2D eigenvalue weighted by Gasteiger charge is -2.07. The molecule has 6 nitrogen and oxygen atoms in total. The molecule has 1 atom stereocenters. The van der Waals surface area contributed by atoms with Gasteiger partial charge in [-0.1, -0.05) is 12.1 Å². The number of hydrogen-bond donors (Lipinski definition) is 1. The lowest BCUT2D eigenvalue weighted by atomic mass is 10.1. The maximum absolute atomic E-state index is 11.4. The molecule has 2 rings (SSSR count). The molecular weight excluding hydrogens is 270 g/mol. The first-order valence-corrected chi connectivity index (χ1v) is 7.59. The largest absolute Gasteiger partial charge is 0.478 e. The van der Waals surface area contributed by atoms with Gasteiger partial charge in [-0.15, -0.1) is 0 Å². The van der Waals surface area contributed by atoms with Crippen molar-refractivity contribution in [3.05, 3.63) is 29.3 Å². The highest BCUT2D eigenvalue weighted by Crippen LogP contribution is 2.30. The molecule has 104 valence electrons. The normalized spacial score (nSPS) is 17.7. The highest BCUT2D eigenvalue weighted by molar-refractivity contribution is 7.88. The van der Waals surface area contributed by atoms with Gasteiger partial charge in [0.1, 0.15) is 5.75 Å². The summed E-state index contributed by atoms with van der Waals surface area (Å²) in [5.74, 6) is 0.227. The third kappa shape index (κ3) is 3.45. The van der Waals surface area contributed by atoms with Gasteiger partial charge in [0.25, 0.3) is 0 Å². The van der Waals surface area contributed by atoms with Crippen molar-refractivity contribution in [2.24, 2.45) is 0 Å². The van der Waals surface area contributed by atoms with Crippen LogP contribution in [0.25, 0.3) is 0 Å². The van der Waals surface area contributed by atoms with Gasteiger partial charge in [0, 0.05) is 13.0 Å². The predicted octanol–water partition coefficient (Wildman–Crippen LogP) is 0.212. The fraction of sp³-hybridized carbons (Fsp3) is 0.417. The van der Waals surface area contributed by atoms with E-state index in [1.165, 1.54) is 7.11 Å². The van der Waals surface area contributed by atoms with Crippen LogP contribution >= 0.6 is 0 Å². The van der Waals surface area contributed by atoms with Gasteiger partial charge in [-0.25, -0.2) is 17.9 Å². The van der Waals surface area contributed by atoms with E-state index in [-0.39, 0.29) is 6.54 Å². The minimum atomic E-state index is -3.22. The van der Waals surface area contributed by atoms with Crippen molar-refractivity contribution >= 4 is 16.0 Å². The van der Waals surface area contributed by atoms with Crippen molar-refractivity contribution in [1.29, 1.82) is 0 Å². The van der Waals surface area contributed by atoms with E-state index in [1.807, 2.05) is 6.07 Å². The molecule has 0 saturated carbocycles. The van der Waals surface area contributed by atoms with E-state index in [2.05, 4.69) is 9.46 Å². The van der Waals surface area contributed by atoms with Crippen molar-refractivity contribution in [2.45, 2.75) is 19.1 Å². The standard InChI is InChI=1S/C12H15NO5S/c1-17-12(14)11-6-9-5-8(3-4-10(9)18-11)7-13-19(2,15)16/h3-5,11,13H,6-7H2,1-2H3/t11-/m1/s1. The fourth-order valence-electron chi connectivity index (χ4n) is 1.89. The molecule has 1 heterocycles. The van der Waals surface area contributed by atoms with E-state index in [9.17, 15) is 13.2 Å². The number of benzene rings is 1. The molecule has 1 aliphatic rings. The third-order valence-corrected chi connectivity index (χ3v) is 3.47. The van der Waals surface area contributed by atoms with Crippen LogP contribution in [0.15, 0.2) is 18.2 Å². The Bertz CT molecular complexity index is 596. The van der Waals surface area contributed by atoms with Gasteiger partial charge in [0.15, 0.2) is 6.10 Å². The summed E-state index contributed by atoms with van der Waals surface area (Å²) in [6.07, 6.45) is 0.934. The minimum Gasteiger partial charge on any atom is -0.478 e. The Morgan fingerprint density at radius 2 is 2.26 bits per heavy atom. The number of carbonyl (C=O) groups excluding carboxylic acids is 1. The second-order valence-corrected chi connectivity index (χ2v) is 6.20. The van der Waals surface area contributed by atoms with Crippen LogP contribution in [-0.2, 0) is 32.5 Å². The molecule has 19 heavy (non-hydrogen) atoms. The Kier molecular flexibility index (Phi) is 3.77. The first kappa shape index (κ1) is 13.8. The smallest absolute Gasteiger partial charge is 0.347 e. The number of nitrogens with one attached hydrogen (secondary N) is 1. The maximum Gasteiger partial charge on any atom is 0.347 e. The van der Waals surface area contributed by atoms with Gasteiger partial charge in [-0.2, -0.15) is 0 Å². The maximum atomic E-state index is 11.4. The Labute approximate surface area is 111 Å². The zero-order valence-electron chi connectivity index (χ0n) is 10.7. The molecular formula is C12H15NO5S. The summed E-state index contributed by atoms with van der Waals surface area (Å²) >= 11 is 0. The minimum absolute atomic E-state index is 0.217. The fourth-order valence-corrected chi connectivity index (χ4v) is 2.32. The first-order chi connectivity index (χ1) is 8.89. The lowest BCUT2D eigenvalue weighted by molar-refractivity contribution is -0.147. The van der Waals surface area contributed by atoms with Crippen LogP contribution in [0, 0.1) is 0 Å². The molecule has 0 bridgehead atoms. The van der Waals surface area contributed by atoms with Crippen molar-refractivity contribution in [3.8, 4) is 5.75 Å². The Balaban J connectivity index is 2.09. The van der Waals surface area contributed by atoms with Crippen LogP contribution in [0.2, 0.25) is 0 Å². The highest BCUT2D eigenvalue weighted by Gasteiger charge is 2.29. The second kappa shape index (κ2) is 5.18. The number of hydrogen-bond acceptors (Lipinski definition) is 5. The molecule has 1 N–H and O–H groups in total. The number of carbonyl (C=O) groups is 1. The van der Waals surface area contributed by atoms with Crippen LogP contribution in [0.4, 0.5) is 0 Å². The van der Waals surface area contributed by atoms with Gasteiger partial charge < -0.3 is 9.47 Å². The number of esters is 1. The number of methoxy groups -OCH3 is 1. The van der Waals surface area contributed by atoms with Gasteiger partial charge >= 0.3 is 5.97 Å². The zero-order valence-corrected chi connectivity index (χ0v) is 11.5. The van der Waals surface area contributed by atoms with E-state index in [0.717, 1.165) is 17.4 Å². The van der Waals surface area contributed by atoms with Crippen molar-refractivity contribution < 1.29 is 22.7 Å². The SMILES string of the molecule is COC(=O)[C@H]1Cc2cc(CNS(C)(=O)=O)ccc2O1.